The Hall–Kier alpha value is -2.63. The molecule has 0 spiro atoms. The van der Waals surface area contributed by atoms with Crippen molar-refractivity contribution in [3.05, 3.63) is 53.7 Å². The van der Waals surface area contributed by atoms with Crippen LogP contribution in [-0.2, 0) is 6.42 Å². The molecule has 1 aliphatic rings. The quantitative estimate of drug-likeness (QED) is 0.806. The van der Waals surface area contributed by atoms with Crippen molar-refractivity contribution in [1.82, 2.24) is 24.5 Å². The van der Waals surface area contributed by atoms with E-state index in [1.165, 1.54) is 11.3 Å². The molecule has 6 heteroatoms. The number of imidazole rings is 1. The van der Waals surface area contributed by atoms with Crippen LogP contribution in [0.2, 0.25) is 0 Å². The molecule has 124 valence electrons. The first kappa shape index (κ1) is 14.9. The van der Waals surface area contributed by atoms with Gasteiger partial charge in [-0.3, -0.25) is 9.89 Å². The highest BCUT2D eigenvalue weighted by molar-refractivity contribution is 5.93. The summed E-state index contributed by atoms with van der Waals surface area (Å²) in [6.07, 6.45) is 8.57. The summed E-state index contributed by atoms with van der Waals surface area (Å²) >= 11 is 0. The number of rotatable bonds is 3. The third-order valence-corrected chi connectivity index (χ3v) is 4.91. The van der Waals surface area contributed by atoms with Crippen LogP contribution in [0.15, 0.2) is 36.8 Å². The summed E-state index contributed by atoms with van der Waals surface area (Å²) in [6.45, 7) is 3.68. The third kappa shape index (κ3) is 2.58. The van der Waals surface area contributed by atoms with Crippen LogP contribution in [0.1, 0.15) is 47.4 Å². The van der Waals surface area contributed by atoms with E-state index in [1.807, 2.05) is 46.1 Å². The lowest BCUT2D eigenvalue weighted by Crippen LogP contribution is -2.38. The Labute approximate surface area is 140 Å². The number of aromatic nitrogens is 4. The molecule has 1 saturated heterocycles. The monoisotopic (exact) mass is 323 g/mol. The zero-order chi connectivity index (χ0) is 16.5. The normalized spacial score (nSPS) is 16.0. The van der Waals surface area contributed by atoms with E-state index < -0.39 is 0 Å². The highest BCUT2D eigenvalue weighted by Gasteiger charge is 2.27. The molecule has 4 heterocycles. The molecule has 1 aliphatic heterocycles. The summed E-state index contributed by atoms with van der Waals surface area (Å²) in [6, 6.07) is 5.77. The molecule has 0 unspecified atom stereocenters. The Morgan fingerprint density at radius 1 is 1.33 bits per heavy atom. The molecule has 1 amide bonds. The molecular formula is C18H21N5O. The number of hydrogen-bond donors (Lipinski definition) is 1. The molecule has 1 N–H and O–H groups in total. The number of nitrogens with zero attached hydrogens (tertiary/aromatic N) is 4. The minimum atomic E-state index is 0.0254. The fourth-order valence-electron chi connectivity index (χ4n) is 3.53. The first-order chi connectivity index (χ1) is 11.8. The van der Waals surface area contributed by atoms with Crippen LogP contribution in [0.3, 0.4) is 0 Å². The molecule has 0 aromatic carbocycles. The van der Waals surface area contributed by atoms with Gasteiger partial charge in [0.25, 0.3) is 5.91 Å². The number of amides is 1. The van der Waals surface area contributed by atoms with Crippen molar-refractivity contribution in [2.75, 3.05) is 13.1 Å². The van der Waals surface area contributed by atoms with E-state index in [0.717, 1.165) is 38.0 Å². The Balaban J connectivity index is 1.46. The Morgan fingerprint density at radius 2 is 2.17 bits per heavy atom. The highest BCUT2D eigenvalue weighted by Crippen LogP contribution is 2.29. The molecule has 0 saturated carbocycles. The van der Waals surface area contributed by atoms with Crippen molar-refractivity contribution in [3.8, 4) is 0 Å². The molecule has 0 radical (unpaired) electrons. The van der Waals surface area contributed by atoms with Crippen LogP contribution < -0.4 is 0 Å². The van der Waals surface area contributed by atoms with E-state index in [0.29, 0.717) is 11.6 Å². The van der Waals surface area contributed by atoms with Crippen molar-refractivity contribution in [3.63, 3.8) is 0 Å². The van der Waals surface area contributed by atoms with Crippen molar-refractivity contribution in [1.29, 1.82) is 0 Å². The summed E-state index contributed by atoms with van der Waals surface area (Å²) in [5.41, 5.74) is 3.87. The minimum absolute atomic E-state index is 0.0254. The molecular weight excluding hydrogens is 302 g/mol. The van der Waals surface area contributed by atoms with Gasteiger partial charge in [-0.1, -0.05) is 13.0 Å². The molecule has 0 aliphatic carbocycles. The van der Waals surface area contributed by atoms with Crippen LogP contribution in [0.5, 0.6) is 0 Å². The molecule has 1 fully saturated rings. The Kier molecular flexibility index (Phi) is 3.80. The van der Waals surface area contributed by atoms with E-state index in [4.69, 9.17) is 0 Å². The number of fused-ring (bicyclic) bond motifs is 1. The van der Waals surface area contributed by atoms with Gasteiger partial charge in [-0.15, -0.1) is 0 Å². The number of hydrogen-bond acceptors (Lipinski definition) is 3. The summed E-state index contributed by atoms with van der Waals surface area (Å²) in [5.74, 6) is 0.491. The van der Waals surface area contributed by atoms with Gasteiger partial charge in [-0.2, -0.15) is 5.10 Å². The van der Waals surface area contributed by atoms with Crippen molar-refractivity contribution < 1.29 is 4.79 Å². The van der Waals surface area contributed by atoms with E-state index >= 15 is 0 Å². The van der Waals surface area contributed by atoms with E-state index in [-0.39, 0.29) is 5.91 Å². The number of H-pyrrole nitrogens is 1. The van der Waals surface area contributed by atoms with Gasteiger partial charge >= 0.3 is 0 Å². The SMILES string of the molecule is CCc1cn[nH]c1C1CCN(C(=O)c2cn3ccccc3n2)CC1. The second-order valence-electron chi connectivity index (χ2n) is 6.32. The van der Waals surface area contributed by atoms with Crippen LogP contribution >= 0.6 is 0 Å². The van der Waals surface area contributed by atoms with Crippen LogP contribution in [0, 0.1) is 0 Å². The molecule has 0 atom stereocenters. The lowest BCUT2D eigenvalue weighted by molar-refractivity contribution is 0.0706. The zero-order valence-electron chi connectivity index (χ0n) is 13.8. The van der Waals surface area contributed by atoms with Crippen molar-refractivity contribution >= 4 is 11.6 Å². The van der Waals surface area contributed by atoms with Gasteiger partial charge in [0.2, 0.25) is 0 Å². The Morgan fingerprint density at radius 3 is 2.92 bits per heavy atom. The first-order valence-electron chi connectivity index (χ1n) is 8.51. The fourth-order valence-corrected chi connectivity index (χ4v) is 3.53. The topological polar surface area (TPSA) is 66.3 Å². The van der Waals surface area contributed by atoms with Crippen LogP contribution in [0.4, 0.5) is 0 Å². The van der Waals surface area contributed by atoms with Crippen LogP contribution in [0.25, 0.3) is 5.65 Å². The predicted octanol–water partition coefficient (Wildman–Crippen LogP) is 2.64. The maximum Gasteiger partial charge on any atom is 0.274 e. The highest BCUT2D eigenvalue weighted by atomic mass is 16.2. The van der Waals surface area contributed by atoms with Gasteiger partial charge < -0.3 is 9.30 Å². The van der Waals surface area contributed by atoms with Crippen molar-refractivity contribution in [2.24, 2.45) is 0 Å². The number of nitrogens with one attached hydrogen (secondary N) is 1. The minimum Gasteiger partial charge on any atom is -0.337 e. The number of carbonyl (C=O) groups is 1. The molecule has 0 bridgehead atoms. The van der Waals surface area contributed by atoms with E-state index in [1.54, 1.807) is 0 Å². The summed E-state index contributed by atoms with van der Waals surface area (Å²) in [4.78, 5) is 19.1. The maximum atomic E-state index is 12.7. The molecule has 6 nitrogen and oxygen atoms in total. The average Bonchev–Trinajstić information content (AvgIpc) is 3.27. The summed E-state index contributed by atoms with van der Waals surface area (Å²) < 4.78 is 1.89. The number of piperidine rings is 1. The Bertz CT molecular complexity index is 824. The smallest absolute Gasteiger partial charge is 0.274 e. The fraction of sp³-hybridized carbons (Fsp3) is 0.389. The number of pyridine rings is 1. The van der Waals surface area contributed by atoms with Gasteiger partial charge in [0.05, 0.1) is 6.20 Å². The van der Waals surface area contributed by atoms with Gasteiger partial charge in [0.1, 0.15) is 11.3 Å². The standard InChI is InChI=1S/C18H21N5O/c1-2-13-11-19-21-17(13)14-6-9-22(10-7-14)18(24)15-12-23-8-4-3-5-16(23)20-15/h3-5,8,11-12,14H,2,6-7,9-10H2,1H3,(H,19,21). The number of carbonyl (C=O) groups excluding carboxylic acids is 1. The second kappa shape index (κ2) is 6.11. The number of aromatic amines is 1. The molecule has 3 aromatic rings. The predicted molar refractivity (Wildman–Crippen MR) is 91.0 cm³/mol. The second-order valence-corrected chi connectivity index (χ2v) is 6.32. The van der Waals surface area contributed by atoms with Gasteiger partial charge in [0, 0.05) is 37.1 Å². The number of aryl methyl sites for hydroxylation is 1. The summed E-state index contributed by atoms with van der Waals surface area (Å²) in [5, 5.41) is 7.33. The van der Waals surface area contributed by atoms with Gasteiger partial charge in [-0.05, 0) is 37.0 Å². The largest absolute Gasteiger partial charge is 0.337 e. The summed E-state index contributed by atoms with van der Waals surface area (Å²) in [7, 11) is 0. The number of likely N-dealkylation sites (tertiary alicyclic amines) is 1. The lowest BCUT2D eigenvalue weighted by atomic mass is 9.91. The average molecular weight is 323 g/mol. The molecule has 4 rings (SSSR count). The molecule has 24 heavy (non-hydrogen) atoms. The zero-order valence-corrected chi connectivity index (χ0v) is 13.8. The third-order valence-electron chi connectivity index (χ3n) is 4.91. The van der Waals surface area contributed by atoms with Crippen LogP contribution in [-0.4, -0.2) is 43.5 Å². The van der Waals surface area contributed by atoms with E-state index in [9.17, 15) is 4.79 Å². The van der Waals surface area contributed by atoms with Gasteiger partial charge in [-0.25, -0.2) is 4.98 Å². The lowest BCUT2D eigenvalue weighted by Gasteiger charge is -2.31. The first-order valence-corrected chi connectivity index (χ1v) is 8.51. The maximum absolute atomic E-state index is 12.7. The van der Waals surface area contributed by atoms with Crippen molar-refractivity contribution in [2.45, 2.75) is 32.1 Å². The molecule has 3 aromatic heterocycles. The van der Waals surface area contributed by atoms with E-state index in [2.05, 4.69) is 22.1 Å². The van der Waals surface area contributed by atoms with Gasteiger partial charge in [0.15, 0.2) is 0 Å².